The third-order valence-corrected chi connectivity index (χ3v) is 4.01. The Labute approximate surface area is 106 Å². The Morgan fingerprint density at radius 3 is 2.41 bits per heavy atom. The standard InChI is InChI=1S/C14H29NO2/c1-14(2,3)11-6-7-12(15-4)13(10-11)17-9-8-16-5/h11-13,15H,6-10H2,1-5H3. The third-order valence-electron chi connectivity index (χ3n) is 4.01. The molecule has 1 N–H and O–H groups in total. The van der Waals surface area contributed by atoms with Gasteiger partial charge in [-0.25, -0.2) is 0 Å². The van der Waals surface area contributed by atoms with Crippen molar-refractivity contribution in [2.45, 2.75) is 52.2 Å². The Morgan fingerprint density at radius 1 is 1.18 bits per heavy atom. The first kappa shape index (κ1) is 14.9. The van der Waals surface area contributed by atoms with Gasteiger partial charge >= 0.3 is 0 Å². The summed E-state index contributed by atoms with van der Waals surface area (Å²) in [5.41, 5.74) is 0.390. The van der Waals surface area contributed by atoms with Gasteiger partial charge < -0.3 is 14.8 Å². The molecule has 0 aromatic rings. The minimum absolute atomic E-state index is 0.341. The Kier molecular flexibility index (Phi) is 5.90. The lowest BCUT2D eigenvalue weighted by Gasteiger charge is -2.41. The van der Waals surface area contributed by atoms with Gasteiger partial charge in [0.15, 0.2) is 0 Å². The van der Waals surface area contributed by atoms with Crippen LogP contribution in [0.3, 0.4) is 0 Å². The van der Waals surface area contributed by atoms with Crippen LogP contribution in [0.25, 0.3) is 0 Å². The predicted octanol–water partition coefficient (Wildman–Crippen LogP) is 2.45. The van der Waals surface area contributed by atoms with Crippen molar-refractivity contribution in [3.8, 4) is 0 Å². The molecule has 0 aromatic heterocycles. The Morgan fingerprint density at radius 2 is 1.88 bits per heavy atom. The van der Waals surface area contributed by atoms with Crippen LogP contribution in [0.1, 0.15) is 40.0 Å². The average Bonchev–Trinajstić information content (AvgIpc) is 2.28. The lowest BCUT2D eigenvalue weighted by Crippen LogP contribution is -2.46. The van der Waals surface area contributed by atoms with Crippen LogP contribution in [0.2, 0.25) is 0 Å². The second kappa shape index (κ2) is 6.72. The molecular formula is C14H29NO2. The number of ether oxygens (including phenoxy) is 2. The van der Waals surface area contributed by atoms with Gasteiger partial charge in [-0.3, -0.25) is 0 Å². The van der Waals surface area contributed by atoms with Gasteiger partial charge in [0.1, 0.15) is 0 Å². The van der Waals surface area contributed by atoms with Gasteiger partial charge in [-0.15, -0.1) is 0 Å². The summed E-state index contributed by atoms with van der Waals surface area (Å²) in [4.78, 5) is 0. The van der Waals surface area contributed by atoms with Crippen LogP contribution in [0.5, 0.6) is 0 Å². The van der Waals surface area contributed by atoms with Gasteiger partial charge in [0.25, 0.3) is 0 Å². The van der Waals surface area contributed by atoms with Gasteiger partial charge in [-0.1, -0.05) is 20.8 Å². The molecule has 0 radical (unpaired) electrons. The van der Waals surface area contributed by atoms with E-state index in [1.165, 1.54) is 19.3 Å². The second-order valence-corrected chi connectivity index (χ2v) is 6.17. The fourth-order valence-corrected chi connectivity index (χ4v) is 2.71. The van der Waals surface area contributed by atoms with Crippen molar-refractivity contribution in [3.05, 3.63) is 0 Å². The van der Waals surface area contributed by atoms with Gasteiger partial charge in [-0.05, 0) is 37.6 Å². The van der Waals surface area contributed by atoms with Crippen molar-refractivity contribution in [1.29, 1.82) is 0 Å². The van der Waals surface area contributed by atoms with E-state index in [1.807, 2.05) is 7.05 Å². The molecule has 17 heavy (non-hydrogen) atoms. The Hall–Kier alpha value is -0.120. The molecule has 0 heterocycles. The topological polar surface area (TPSA) is 30.5 Å². The van der Waals surface area contributed by atoms with Gasteiger partial charge in [0.05, 0.1) is 19.3 Å². The molecule has 3 unspecified atom stereocenters. The molecule has 1 saturated carbocycles. The molecule has 3 heteroatoms. The van der Waals surface area contributed by atoms with E-state index >= 15 is 0 Å². The summed E-state index contributed by atoms with van der Waals surface area (Å²) in [7, 11) is 3.76. The van der Waals surface area contributed by atoms with E-state index in [1.54, 1.807) is 7.11 Å². The number of hydrogen-bond acceptors (Lipinski definition) is 3. The van der Waals surface area contributed by atoms with Crippen LogP contribution in [0.4, 0.5) is 0 Å². The molecule has 3 nitrogen and oxygen atoms in total. The van der Waals surface area contributed by atoms with Crippen LogP contribution >= 0.6 is 0 Å². The van der Waals surface area contributed by atoms with Crippen LogP contribution < -0.4 is 5.32 Å². The first-order chi connectivity index (χ1) is 7.99. The summed E-state index contributed by atoms with van der Waals surface area (Å²) in [5, 5.41) is 3.39. The Balaban J connectivity index is 2.49. The van der Waals surface area contributed by atoms with Crippen molar-refractivity contribution in [2.24, 2.45) is 11.3 Å². The minimum Gasteiger partial charge on any atom is -0.382 e. The first-order valence-corrected chi connectivity index (χ1v) is 6.76. The molecule has 0 aromatic carbocycles. The molecule has 1 fully saturated rings. The average molecular weight is 243 g/mol. The van der Waals surface area contributed by atoms with Crippen LogP contribution in [0, 0.1) is 11.3 Å². The van der Waals surface area contributed by atoms with Crippen molar-refractivity contribution in [1.82, 2.24) is 5.32 Å². The van der Waals surface area contributed by atoms with Crippen molar-refractivity contribution in [3.63, 3.8) is 0 Å². The van der Waals surface area contributed by atoms with Crippen LogP contribution in [0.15, 0.2) is 0 Å². The normalized spacial score (nSPS) is 30.5. The van der Waals surface area contributed by atoms with Gasteiger partial charge in [0.2, 0.25) is 0 Å². The summed E-state index contributed by atoms with van der Waals surface area (Å²) in [6.07, 6.45) is 4.03. The highest BCUT2D eigenvalue weighted by atomic mass is 16.5. The zero-order valence-corrected chi connectivity index (χ0v) is 12.1. The van der Waals surface area contributed by atoms with E-state index in [9.17, 15) is 0 Å². The Bertz CT molecular complexity index is 213. The highest BCUT2D eigenvalue weighted by molar-refractivity contribution is 4.89. The summed E-state index contributed by atoms with van der Waals surface area (Å²) >= 11 is 0. The molecule has 0 spiro atoms. The van der Waals surface area contributed by atoms with Crippen molar-refractivity contribution >= 4 is 0 Å². The van der Waals surface area contributed by atoms with E-state index in [4.69, 9.17) is 9.47 Å². The summed E-state index contributed by atoms with van der Waals surface area (Å²) in [6.45, 7) is 8.40. The SMILES string of the molecule is CNC1CCC(C(C)(C)C)CC1OCCOC. The molecule has 0 amide bonds. The molecule has 1 rings (SSSR count). The van der Waals surface area contributed by atoms with Crippen molar-refractivity contribution in [2.75, 3.05) is 27.4 Å². The molecule has 1 aliphatic carbocycles. The molecule has 3 atom stereocenters. The fraction of sp³-hybridized carbons (Fsp3) is 1.00. The number of rotatable bonds is 5. The van der Waals surface area contributed by atoms with E-state index in [0.29, 0.717) is 30.8 Å². The van der Waals surface area contributed by atoms with Crippen LogP contribution in [-0.4, -0.2) is 39.5 Å². The third kappa shape index (κ3) is 4.57. The maximum atomic E-state index is 5.96. The highest BCUT2D eigenvalue weighted by Gasteiger charge is 2.35. The second-order valence-electron chi connectivity index (χ2n) is 6.17. The molecule has 0 saturated heterocycles. The quantitative estimate of drug-likeness (QED) is 0.752. The lowest BCUT2D eigenvalue weighted by molar-refractivity contribution is -0.0418. The maximum Gasteiger partial charge on any atom is 0.0731 e. The minimum atomic E-state index is 0.341. The smallest absolute Gasteiger partial charge is 0.0731 e. The summed E-state index contributed by atoms with van der Waals surface area (Å²) < 4.78 is 11.0. The number of methoxy groups -OCH3 is 1. The monoisotopic (exact) mass is 243 g/mol. The first-order valence-electron chi connectivity index (χ1n) is 6.76. The van der Waals surface area contributed by atoms with E-state index in [-0.39, 0.29) is 0 Å². The van der Waals surface area contributed by atoms with E-state index in [2.05, 4.69) is 26.1 Å². The largest absolute Gasteiger partial charge is 0.382 e. The molecule has 0 bridgehead atoms. The molecular weight excluding hydrogens is 214 g/mol. The number of nitrogens with one attached hydrogen (secondary N) is 1. The fourth-order valence-electron chi connectivity index (χ4n) is 2.71. The number of hydrogen-bond donors (Lipinski definition) is 1. The lowest BCUT2D eigenvalue weighted by atomic mass is 9.70. The maximum absolute atomic E-state index is 5.96. The van der Waals surface area contributed by atoms with E-state index in [0.717, 1.165) is 5.92 Å². The van der Waals surface area contributed by atoms with Gasteiger partial charge in [0, 0.05) is 13.2 Å². The molecule has 1 aliphatic rings. The zero-order valence-electron chi connectivity index (χ0n) is 12.1. The van der Waals surface area contributed by atoms with Crippen molar-refractivity contribution < 1.29 is 9.47 Å². The zero-order chi connectivity index (χ0) is 12.9. The molecule has 0 aliphatic heterocycles. The van der Waals surface area contributed by atoms with Crippen LogP contribution in [-0.2, 0) is 9.47 Å². The summed E-state index contributed by atoms with van der Waals surface area (Å²) in [6, 6.07) is 0.505. The number of likely N-dealkylation sites (N-methyl/N-ethyl adjacent to an activating group) is 1. The predicted molar refractivity (Wildman–Crippen MR) is 71.3 cm³/mol. The van der Waals surface area contributed by atoms with Gasteiger partial charge in [-0.2, -0.15) is 0 Å². The van der Waals surface area contributed by atoms with E-state index < -0.39 is 0 Å². The highest BCUT2D eigenvalue weighted by Crippen LogP contribution is 2.38. The summed E-state index contributed by atoms with van der Waals surface area (Å²) in [5.74, 6) is 0.764. The molecule has 102 valence electrons.